The zero-order valence-electron chi connectivity index (χ0n) is 10.6. The molecule has 0 atom stereocenters. The van der Waals surface area contributed by atoms with Crippen molar-refractivity contribution in [3.05, 3.63) is 17.9 Å². The highest BCUT2D eigenvalue weighted by atomic mass is 19.3. The van der Waals surface area contributed by atoms with Crippen LogP contribution in [0.3, 0.4) is 0 Å². The van der Waals surface area contributed by atoms with Crippen LogP contribution in [0.2, 0.25) is 0 Å². The molecule has 1 fully saturated rings. The van der Waals surface area contributed by atoms with Crippen LogP contribution in [-0.4, -0.2) is 44.7 Å². The zero-order valence-corrected chi connectivity index (χ0v) is 10.6. The van der Waals surface area contributed by atoms with Crippen molar-refractivity contribution in [1.82, 2.24) is 4.90 Å². The molecule has 1 heterocycles. The van der Waals surface area contributed by atoms with Gasteiger partial charge in [0.25, 0.3) is 0 Å². The number of nitrogens with two attached hydrogens (primary N) is 1. The van der Waals surface area contributed by atoms with Gasteiger partial charge in [-0.25, -0.2) is 4.39 Å². The van der Waals surface area contributed by atoms with Gasteiger partial charge < -0.3 is 20.3 Å². The first-order chi connectivity index (χ1) is 8.97. The van der Waals surface area contributed by atoms with Crippen molar-refractivity contribution in [2.24, 2.45) is 0 Å². The average molecular weight is 275 g/mol. The molecule has 0 spiro atoms. The maximum absolute atomic E-state index is 13.9. The summed E-state index contributed by atoms with van der Waals surface area (Å²) in [6.07, 6.45) is 0. The van der Waals surface area contributed by atoms with Crippen molar-refractivity contribution in [3.8, 4) is 5.75 Å². The van der Waals surface area contributed by atoms with Crippen molar-refractivity contribution in [2.75, 3.05) is 43.9 Å². The van der Waals surface area contributed by atoms with Gasteiger partial charge in [-0.1, -0.05) is 0 Å². The molecule has 106 valence electrons. The topological polar surface area (TPSA) is 41.7 Å². The van der Waals surface area contributed by atoms with E-state index in [2.05, 4.69) is 9.64 Å². The quantitative estimate of drug-likeness (QED) is 0.854. The van der Waals surface area contributed by atoms with Gasteiger partial charge in [0.15, 0.2) is 5.75 Å². The maximum atomic E-state index is 13.9. The van der Waals surface area contributed by atoms with Crippen molar-refractivity contribution in [2.45, 2.75) is 6.61 Å². The lowest BCUT2D eigenvalue weighted by Crippen LogP contribution is -2.44. The fourth-order valence-electron chi connectivity index (χ4n) is 2.05. The molecule has 1 aliphatic rings. The zero-order chi connectivity index (χ0) is 14.0. The highest BCUT2D eigenvalue weighted by Crippen LogP contribution is 2.32. The van der Waals surface area contributed by atoms with Gasteiger partial charge in [0.05, 0.1) is 11.4 Å². The Hall–Kier alpha value is -1.63. The Morgan fingerprint density at radius 2 is 1.84 bits per heavy atom. The number of ether oxygens (including phenoxy) is 1. The van der Waals surface area contributed by atoms with Crippen LogP contribution < -0.4 is 15.4 Å². The Labute approximate surface area is 109 Å². The summed E-state index contributed by atoms with van der Waals surface area (Å²) in [7, 11) is 1.97. The summed E-state index contributed by atoms with van der Waals surface area (Å²) in [4.78, 5) is 3.91. The monoisotopic (exact) mass is 275 g/mol. The molecule has 0 bridgehead atoms. The number of nitrogens with zero attached hydrogens (tertiary/aromatic N) is 2. The standard InChI is InChI=1S/C12H16F3N3O/c1-17-2-4-18(5-3-17)10-7-11(19-12(14)15)9(16)6-8(10)13/h6-7,12H,2-5,16H2,1H3. The van der Waals surface area contributed by atoms with E-state index in [1.54, 1.807) is 4.90 Å². The number of likely N-dealkylation sites (N-methyl/N-ethyl adjacent to an activating group) is 1. The largest absolute Gasteiger partial charge is 0.433 e. The lowest BCUT2D eigenvalue weighted by atomic mass is 10.2. The summed E-state index contributed by atoms with van der Waals surface area (Å²) in [5.74, 6) is -0.714. The average Bonchev–Trinajstić information content (AvgIpc) is 2.33. The van der Waals surface area contributed by atoms with Gasteiger partial charge in [-0.2, -0.15) is 8.78 Å². The first-order valence-corrected chi connectivity index (χ1v) is 5.94. The van der Waals surface area contributed by atoms with E-state index in [4.69, 9.17) is 5.73 Å². The maximum Gasteiger partial charge on any atom is 0.387 e. The van der Waals surface area contributed by atoms with Gasteiger partial charge in [-0.05, 0) is 7.05 Å². The first-order valence-electron chi connectivity index (χ1n) is 5.94. The van der Waals surface area contributed by atoms with Crippen molar-refractivity contribution < 1.29 is 17.9 Å². The third-order valence-corrected chi connectivity index (χ3v) is 3.14. The van der Waals surface area contributed by atoms with E-state index in [1.807, 2.05) is 7.05 Å². The van der Waals surface area contributed by atoms with E-state index in [1.165, 1.54) is 6.07 Å². The molecule has 0 radical (unpaired) electrons. The number of rotatable bonds is 3. The van der Waals surface area contributed by atoms with Crippen LogP contribution in [0.4, 0.5) is 24.5 Å². The van der Waals surface area contributed by atoms with Gasteiger partial charge in [0, 0.05) is 38.3 Å². The summed E-state index contributed by atoms with van der Waals surface area (Å²) in [5.41, 5.74) is 5.58. The number of benzene rings is 1. The second kappa shape index (κ2) is 5.56. The smallest absolute Gasteiger partial charge is 0.387 e. The minimum Gasteiger partial charge on any atom is -0.433 e. The molecule has 4 nitrogen and oxygen atoms in total. The summed E-state index contributed by atoms with van der Waals surface area (Å²) in [5, 5.41) is 0. The van der Waals surface area contributed by atoms with Crippen molar-refractivity contribution in [1.29, 1.82) is 0 Å². The fraction of sp³-hybridized carbons (Fsp3) is 0.500. The molecule has 1 saturated heterocycles. The Kier molecular flexibility index (Phi) is 4.04. The van der Waals surface area contributed by atoms with E-state index in [0.29, 0.717) is 13.1 Å². The van der Waals surface area contributed by atoms with E-state index in [-0.39, 0.29) is 17.1 Å². The number of halogens is 3. The SMILES string of the molecule is CN1CCN(c2cc(OC(F)F)c(N)cc2F)CC1. The molecule has 7 heteroatoms. The van der Waals surface area contributed by atoms with E-state index in [0.717, 1.165) is 19.2 Å². The highest BCUT2D eigenvalue weighted by molar-refractivity contribution is 5.63. The minimum atomic E-state index is -2.98. The number of hydrogen-bond donors (Lipinski definition) is 1. The molecular formula is C12H16F3N3O. The molecule has 2 N–H and O–H groups in total. The number of hydrogen-bond acceptors (Lipinski definition) is 4. The molecule has 0 saturated carbocycles. The molecule has 0 unspecified atom stereocenters. The summed E-state index contributed by atoms with van der Waals surface area (Å²) in [6, 6.07) is 2.26. The Balaban J connectivity index is 2.24. The predicted molar refractivity (Wildman–Crippen MR) is 67.2 cm³/mol. The van der Waals surface area contributed by atoms with E-state index in [9.17, 15) is 13.2 Å². The van der Waals surface area contributed by atoms with Crippen LogP contribution in [0.25, 0.3) is 0 Å². The van der Waals surface area contributed by atoms with Crippen LogP contribution in [-0.2, 0) is 0 Å². The molecule has 0 aromatic heterocycles. The van der Waals surface area contributed by atoms with Gasteiger partial charge in [0.1, 0.15) is 5.82 Å². The normalized spacial score (nSPS) is 17.0. The van der Waals surface area contributed by atoms with Gasteiger partial charge in [-0.15, -0.1) is 0 Å². The predicted octanol–water partition coefficient (Wildman–Crippen LogP) is 1.76. The number of anilines is 2. The second-order valence-corrected chi connectivity index (χ2v) is 4.51. The first kappa shape index (κ1) is 13.8. The van der Waals surface area contributed by atoms with Gasteiger partial charge in [0.2, 0.25) is 0 Å². The highest BCUT2D eigenvalue weighted by Gasteiger charge is 2.20. The molecule has 1 aliphatic heterocycles. The third kappa shape index (κ3) is 3.23. The number of alkyl halides is 2. The Morgan fingerprint density at radius 3 is 2.42 bits per heavy atom. The van der Waals surface area contributed by atoms with Crippen LogP contribution in [0.1, 0.15) is 0 Å². The van der Waals surface area contributed by atoms with Crippen LogP contribution in [0.5, 0.6) is 5.75 Å². The molecule has 19 heavy (non-hydrogen) atoms. The Bertz CT molecular complexity index is 448. The lowest BCUT2D eigenvalue weighted by molar-refractivity contribution is -0.0493. The van der Waals surface area contributed by atoms with E-state index < -0.39 is 12.4 Å². The summed E-state index contributed by atoms with van der Waals surface area (Å²) >= 11 is 0. The molecule has 2 rings (SSSR count). The van der Waals surface area contributed by atoms with Crippen LogP contribution in [0, 0.1) is 5.82 Å². The molecular weight excluding hydrogens is 259 g/mol. The molecule has 0 amide bonds. The molecule has 1 aromatic carbocycles. The lowest BCUT2D eigenvalue weighted by Gasteiger charge is -2.34. The summed E-state index contributed by atoms with van der Waals surface area (Å²) < 4.78 is 42.6. The van der Waals surface area contributed by atoms with Crippen LogP contribution in [0.15, 0.2) is 12.1 Å². The second-order valence-electron chi connectivity index (χ2n) is 4.51. The fourth-order valence-corrected chi connectivity index (χ4v) is 2.05. The summed E-state index contributed by atoms with van der Waals surface area (Å²) in [6.45, 7) is -0.145. The van der Waals surface area contributed by atoms with Crippen LogP contribution >= 0.6 is 0 Å². The van der Waals surface area contributed by atoms with Gasteiger partial charge in [-0.3, -0.25) is 0 Å². The third-order valence-electron chi connectivity index (χ3n) is 3.14. The minimum absolute atomic E-state index is 0.129. The molecule has 1 aromatic rings. The van der Waals surface area contributed by atoms with Crippen molar-refractivity contribution in [3.63, 3.8) is 0 Å². The Morgan fingerprint density at radius 1 is 1.21 bits per heavy atom. The van der Waals surface area contributed by atoms with E-state index >= 15 is 0 Å². The van der Waals surface area contributed by atoms with Crippen molar-refractivity contribution >= 4 is 11.4 Å². The molecule has 0 aliphatic carbocycles. The van der Waals surface area contributed by atoms with Gasteiger partial charge >= 0.3 is 6.61 Å². The number of piperazine rings is 1. The number of nitrogen functional groups attached to an aromatic ring is 1.